The van der Waals surface area contributed by atoms with Crippen LogP contribution in [0.3, 0.4) is 0 Å². The molecule has 2 atom stereocenters. The number of phenols is 3. The van der Waals surface area contributed by atoms with E-state index >= 15 is 0 Å². The Bertz CT molecular complexity index is 1190. The van der Waals surface area contributed by atoms with E-state index in [9.17, 15) is 20.5 Å². The average molecular weight is 563 g/mol. The monoisotopic (exact) mass is 561 g/mol. The zero-order chi connectivity index (χ0) is 26.5. The highest BCUT2D eigenvalue weighted by atomic mass is 35.6. The molecule has 4 N–H and O–H groups in total. The van der Waals surface area contributed by atoms with Gasteiger partial charge in [-0.2, -0.15) is 0 Å². The summed E-state index contributed by atoms with van der Waals surface area (Å²) in [6, 6.07) is 17.1. The van der Waals surface area contributed by atoms with Crippen LogP contribution in [0.15, 0.2) is 59.8 Å². The van der Waals surface area contributed by atoms with Crippen LogP contribution in [0.1, 0.15) is 52.6 Å². The third-order valence-corrected chi connectivity index (χ3v) is 7.36. The van der Waals surface area contributed by atoms with E-state index in [1.807, 2.05) is 54.6 Å². The Labute approximate surface area is 231 Å². The lowest BCUT2D eigenvalue weighted by atomic mass is 9.74. The zero-order valence-corrected chi connectivity index (χ0v) is 22.5. The van der Waals surface area contributed by atoms with Gasteiger partial charge in [0.1, 0.15) is 17.2 Å². The molecule has 37 heavy (non-hydrogen) atoms. The normalized spacial score (nSPS) is 19.1. The predicted molar refractivity (Wildman–Crippen MR) is 149 cm³/mol. The van der Waals surface area contributed by atoms with Crippen molar-refractivity contribution in [3.05, 3.63) is 88.0 Å². The molecule has 0 spiro atoms. The smallest absolute Gasteiger partial charge is 0.180 e. The predicted octanol–water partition coefficient (Wildman–Crippen LogP) is 7.32. The van der Waals surface area contributed by atoms with Crippen molar-refractivity contribution in [3.63, 3.8) is 0 Å². The molecular weight excluding hydrogens is 533 g/mol. The Morgan fingerprint density at radius 2 is 0.946 bits per heavy atom. The minimum Gasteiger partial charge on any atom is -0.507 e. The number of rotatable bonds is 0. The van der Waals surface area contributed by atoms with Crippen molar-refractivity contribution in [2.24, 2.45) is 17.0 Å². The molecule has 1 fully saturated rings. The molecular formula is C29H30Cl3NO4. The lowest BCUT2D eigenvalue weighted by molar-refractivity contribution is 0.299. The summed E-state index contributed by atoms with van der Waals surface area (Å²) in [6.45, 7) is 0. The molecule has 2 aliphatic rings. The number of phenolic OH excluding ortho intramolecular Hbond substituents is 3. The van der Waals surface area contributed by atoms with Crippen LogP contribution in [0.4, 0.5) is 0 Å². The molecule has 0 amide bonds. The minimum atomic E-state index is -0.750. The highest BCUT2D eigenvalue weighted by Crippen LogP contribution is 2.38. The number of fused-ring (bicyclic) bond motifs is 8. The van der Waals surface area contributed by atoms with Gasteiger partial charge in [0.15, 0.2) is 4.30 Å². The van der Waals surface area contributed by atoms with Crippen LogP contribution in [0.5, 0.6) is 17.2 Å². The lowest BCUT2D eigenvalue weighted by Gasteiger charge is -2.31. The Balaban J connectivity index is 0.000000747. The Kier molecular flexibility index (Phi) is 9.12. The first kappa shape index (κ1) is 27.4. The molecule has 8 bridgehead atoms. The third kappa shape index (κ3) is 6.46. The van der Waals surface area contributed by atoms with Gasteiger partial charge in [-0.05, 0) is 59.1 Å². The number of para-hydroxylation sites is 3. The maximum atomic E-state index is 11.1. The molecule has 0 saturated heterocycles. The second-order valence-electron chi connectivity index (χ2n) is 9.63. The topological polar surface area (TPSA) is 93.3 Å². The summed E-state index contributed by atoms with van der Waals surface area (Å²) in [6.07, 6.45) is 4.79. The number of benzene rings is 3. The van der Waals surface area contributed by atoms with Crippen LogP contribution >= 0.6 is 34.8 Å². The van der Waals surface area contributed by atoms with Gasteiger partial charge in [0, 0.05) is 24.7 Å². The van der Waals surface area contributed by atoms with E-state index in [2.05, 4.69) is 5.16 Å². The standard InChI is InChI=1S/C28H29NO4.CHCl3/c30-26-19-7-2-9-21(26)15-23-11-4-12-24(28(23)32)16-22-10-3-8-20(27(22)31)14-18-6-1-5-17(13-19)25(18)29-33;2-1(3)4/h2-4,7-12,17-18,30-33H,1,5-6,13-16H2;1H/t17-,18-;/m0./s1. The number of aromatic hydroxyl groups is 3. The summed E-state index contributed by atoms with van der Waals surface area (Å²) in [5.41, 5.74) is 5.39. The van der Waals surface area contributed by atoms with Crippen LogP contribution in [0.2, 0.25) is 0 Å². The van der Waals surface area contributed by atoms with Crippen molar-refractivity contribution >= 4 is 40.5 Å². The van der Waals surface area contributed by atoms with Crippen molar-refractivity contribution in [1.82, 2.24) is 0 Å². The number of oxime groups is 1. The summed E-state index contributed by atoms with van der Waals surface area (Å²) in [5.74, 6) is 0.758. The molecule has 3 aromatic carbocycles. The number of nitrogens with zero attached hydrogens (tertiary/aromatic N) is 1. The summed E-state index contributed by atoms with van der Waals surface area (Å²) in [7, 11) is 0. The summed E-state index contributed by atoms with van der Waals surface area (Å²) < 4.78 is -0.750. The first-order chi connectivity index (χ1) is 17.8. The van der Waals surface area contributed by atoms with Gasteiger partial charge in [-0.25, -0.2) is 0 Å². The van der Waals surface area contributed by atoms with E-state index in [-0.39, 0.29) is 29.1 Å². The number of hydrogen-bond acceptors (Lipinski definition) is 5. The Morgan fingerprint density at radius 3 is 1.30 bits per heavy atom. The van der Waals surface area contributed by atoms with E-state index in [1.54, 1.807) is 0 Å². The van der Waals surface area contributed by atoms with Crippen LogP contribution in [-0.4, -0.2) is 30.5 Å². The highest BCUT2D eigenvalue weighted by molar-refractivity contribution is 6.63. The van der Waals surface area contributed by atoms with E-state index < -0.39 is 4.30 Å². The van der Waals surface area contributed by atoms with Crippen LogP contribution in [-0.2, 0) is 25.7 Å². The van der Waals surface area contributed by atoms with Gasteiger partial charge in [0.05, 0.1) is 5.71 Å². The van der Waals surface area contributed by atoms with Crippen molar-refractivity contribution in [1.29, 1.82) is 0 Å². The maximum absolute atomic E-state index is 11.1. The molecule has 0 radical (unpaired) electrons. The van der Waals surface area contributed by atoms with Gasteiger partial charge in [-0.3, -0.25) is 0 Å². The maximum Gasteiger partial charge on any atom is 0.180 e. The molecule has 0 aliphatic heterocycles. The molecule has 8 heteroatoms. The van der Waals surface area contributed by atoms with Crippen molar-refractivity contribution in [3.8, 4) is 17.2 Å². The van der Waals surface area contributed by atoms with Gasteiger partial charge in [0.2, 0.25) is 0 Å². The fraction of sp³-hybridized carbons (Fsp3) is 0.345. The second kappa shape index (κ2) is 12.3. The number of halogens is 3. The average Bonchev–Trinajstić information content (AvgIpc) is 2.85. The van der Waals surface area contributed by atoms with Crippen LogP contribution in [0, 0.1) is 11.8 Å². The molecule has 2 aliphatic carbocycles. The fourth-order valence-corrected chi connectivity index (χ4v) is 5.59. The van der Waals surface area contributed by atoms with Gasteiger partial charge >= 0.3 is 0 Å². The molecule has 196 valence electrons. The van der Waals surface area contributed by atoms with E-state index in [0.717, 1.165) is 58.4 Å². The molecule has 5 nitrogen and oxygen atoms in total. The van der Waals surface area contributed by atoms with Gasteiger partial charge in [-0.15, -0.1) is 0 Å². The van der Waals surface area contributed by atoms with Crippen LogP contribution in [0.25, 0.3) is 0 Å². The van der Waals surface area contributed by atoms with Crippen molar-refractivity contribution in [2.45, 2.75) is 49.2 Å². The fourth-order valence-electron chi connectivity index (χ4n) is 5.59. The zero-order valence-electron chi connectivity index (χ0n) is 20.2. The largest absolute Gasteiger partial charge is 0.507 e. The third-order valence-electron chi connectivity index (χ3n) is 7.36. The SMILES string of the molecule is ClC(Cl)Cl.ON=C1[C@H]2CCC[C@H]1Cc1cccc(c1O)Cc1cccc(c1O)Cc1cccc(c1O)C2. The van der Waals surface area contributed by atoms with Crippen molar-refractivity contribution in [2.75, 3.05) is 0 Å². The Hall–Kier alpha value is -2.60. The Morgan fingerprint density at radius 1 is 0.622 bits per heavy atom. The number of alkyl halides is 3. The van der Waals surface area contributed by atoms with E-state index in [4.69, 9.17) is 34.8 Å². The summed E-state index contributed by atoms with van der Waals surface area (Å²) in [4.78, 5) is 0. The van der Waals surface area contributed by atoms with E-state index in [0.29, 0.717) is 25.7 Å². The van der Waals surface area contributed by atoms with E-state index in [1.165, 1.54) is 0 Å². The quantitative estimate of drug-likeness (QED) is 0.131. The molecule has 3 aromatic rings. The molecule has 0 aromatic heterocycles. The highest BCUT2D eigenvalue weighted by Gasteiger charge is 2.31. The summed E-state index contributed by atoms with van der Waals surface area (Å²) in [5, 5.41) is 46.8. The molecule has 5 rings (SSSR count). The van der Waals surface area contributed by atoms with Gasteiger partial charge in [0.25, 0.3) is 0 Å². The van der Waals surface area contributed by atoms with Gasteiger partial charge in [-0.1, -0.05) is 101 Å². The van der Waals surface area contributed by atoms with Crippen LogP contribution < -0.4 is 0 Å². The lowest BCUT2D eigenvalue weighted by Crippen LogP contribution is -2.31. The van der Waals surface area contributed by atoms with Gasteiger partial charge < -0.3 is 20.5 Å². The molecule has 1 saturated carbocycles. The first-order valence-electron chi connectivity index (χ1n) is 12.3. The summed E-state index contributed by atoms with van der Waals surface area (Å²) >= 11 is 14.4. The van der Waals surface area contributed by atoms with Crippen molar-refractivity contribution < 1.29 is 20.5 Å². The first-order valence-corrected chi connectivity index (χ1v) is 13.6. The minimum absolute atomic E-state index is 0.0323. The second-order valence-corrected chi connectivity index (χ2v) is 11.6. The number of hydrogen-bond donors (Lipinski definition) is 4. The molecule has 0 unspecified atom stereocenters. The molecule has 0 heterocycles.